The van der Waals surface area contributed by atoms with Gasteiger partial charge in [-0.15, -0.1) is 5.10 Å². The fourth-order valence-electron chi connectivity index (χ4n) is 2.57. The highest BCUT2D eigenvalue weighted by Gasteiger charge is 2.12. The van der Waals surface area contributed by atoms with Crippen molar-refractivity contribution in [1.82, 2.24) is 20.0 Å². The summed E-state index contributed by atoms with van der Waals surface area (Å²) in [5.41, 5.74) is 2.90. The molecule has 1 amide bonds. The summed E-state index contributed by atoms with van der Waals surface area (Å²) in [6.45, 7) is 2.55. The smallest absolute Gasteiger partial charge is 0.257 e. The molecule has 126 valence electrons. The van der Waals surface area contributed by atoms with Crippen LogP contribution in [0.1, 0.15) is 17.3 Å². The largest absolute Gasteiger partial charge is 0.494 e. The van der Waals surface area contributed by atoms with Crippen LogP contribution in [0, 0.1) is 0 Å². The van der Waals surface area contributed by atoms with E-state index in [2.05, 4.69) is 20.6 Å². The summed E-state index contributed by atoms with van der Waals surface area (Å²) in [4.78, 5) is 16.9. The number of thiazole rings is 1. The van der Waals surface area contributed by atoms with Crippen molar-refractivity contribution in [3.05, 3.63) is 42.0 Å². The van der Waals surface area contributed by atoms with Crippen LogP contribution in [-0.4, -0.2) is 32.5 Å². The average Bonchev–Trinajstić information content (AvgIpc) is 3.17. The van der Waals surface area contributed by atoms with E-state index in [9.17, 15) is 4.79 Å². The second-order valence-corrected chi connectivity index (χ2v) is 6.48. The Kier molecular flexibility index (Phi) is 3.81. The van der Waals surface area contributed by atoms with Crippen molar-refractivity contribution >= 4 is 43.6 Å². The van der Waals surface area contributed by atoms with Crippen molar-refractivity contribution < 1.29 is 9.53 Å². The zero-order chi connectivity index (χ0) is 17.4. The van der Waals surface area contributed by atoms with Gasteiger partial charge < -0.3 is 4.74 Å². The van der Waals surface area contributed by atoms with Crippen LogP contribution in [0.3, 0.4) is 0 Å². The van der Waals surface area contributed by atoms with Gasteiger partial charge >= 0.3 is 0 Å². The number of aromatic nitrogens is 4. The lowest BCUT2D eigenvalue weighted by atomic mass is 10.2. The number of amides is 1. The van der Waals surface area contributed by atoms with Crippen molar-refractivity contribution in [2.45, 2.75) is 6.92 Å². The number of rotatable bonds is 4. The molecule has 0 atom stereocenters. The molecule has 0 unspecified atom stereocenters. The minimum absolute atomic E-state index is 0.225. The van der Waals surface area contributed by atoms with E-state index >= 15 is 0 Å². The maximum absolute atomic E-state index is 12.5. The fourth-order valence-corrected chi connectivity index (χ4v) is 3.46. The number of nitrogens with zero attached hydrogens (tertiary/aromatic N) is 4. The molecular formula is C17H15N5O2S. The van der Waals surface area contributed by atoms with Crippen LogP contribution in [0.15, 0.2) is 36.4 Å². The molecule has 25 heavy (non-hydrogen) atoms. The summed E-state index contributed by atoms with van der Waals surface area (Å²) in [6, 6.07) is 11.0. The Morgan fingerprint density at radius 1 is 1.24 bits per heavy atom. The van der Waals surface area contributed by atoms with Gasteiger partial charge in [-0.2, -0.15) is 0 Å². The van der Waals surface area contributed by atoms with Crippen LogP contribution in [0.2, 0.25) is 0 Å². The van der Waals surface area contributed by atoms with Crippen LogP contribution in [0.5, 0.6) is 5.75 Å². The zero-order valence-electron chi connectivity index (χ0n) is 13.7. The first-order valence-corrected chi connectivity index (χ1v) is 8.60. The minimum atomic E-state index is -0.225. The molecule has 2 aromatic carbocycles. The van der Waals surface area contributed by atoms with Crippen molar-refractivity contribution in [2.24, 2.45) is 7.05 Å². The van der Waals surface area contributed by atoms with Gasteiger partial charge in [-0.05, 0) is 43.3 Å². The maximum atomic E-state index is 12.5. The SMILES string of the molecule is CCOc1ccc2nc(NC(=O)c3ccc4c(c3)nnn4C)sc2c1. The Balaban J connectivity index is 1.59. The quantitative estimate of drug-likeness (QED) is 0.609. The number of hydrogen-bond acceptors (Lipinski definition) is 6. The van der Waals surface area contributed by atoms with E-state index in [1.165, 1.54) is 11.3 Å². The number of aryl methyl sites for hydroxylation is 1. The van der Waals surface area contributed by atoms with Gasteiger partial charge in [-0.3, -0.25) is 10.1 Å². The fraction of sp³-hybridized carbons (Fsp3) is 0.176. The molecule has 7 nitrogen and oxygen atoms in total. The first-order valence-electron chi connectivity index (χ1n) is 7.78. The molecule has 0 aliphatic rings. The third kappa shape index (κ3) is 2.91. The highest BCUT2D eigenvalue weighted by atomic mass is 32.1. The summed E-state index contributed by atoms with van der Waals surface area (Å²) in [7, 11) is 1.81. The molecule has 4 rings (SSSR count). The van der Waals surface area contributed by atoms with Crippen molar-refractivity contribution in [2.75, 3.05) is 11.9 Å². The van der Waals surface area contributed by atoms with E-state index in [1.54, 1.807) is 16.8 Å². The number of nitrogens with one attached hydrogen (secondary N) is 1. The van der Waals surface area contributed by atoms with E-state index in [4.69, 9.17) is 4.74 Å². The van der Waals surface area contributed by atoms with Gasteiger partial charge in [0.05, 0.1) is 22.3 Å². The molecule has 2 aromatic heterocycles. The highest BCUT2D eigenvalue weighted by Crippen LogP contribution is 2.29. The number of benzene rings is 2. The number of hydrogen-bond donors (Lipinski definition) is 1. The number of fused-ring (bicyclic) bond motifs is 2. The molecule has 0 aliphatic carbocycles. The van der Waals surface area contributed by atoms with Gasteiger partial charge in [0.2, 0.25) is 0 Å². The first-order chi connectivity index (χ1) is 12.1. The van der Waals surface area contributed by atoms with E-state index in [-0.39, 0.29) is 5.91 Å². The summed E-state index contributed by atoms with van der Waals surface area (Å²) < 4.78 is 8.12. The Morgan fingerprint density at radius 2 is 2.12 bits per heavy atom. The van der Waals surface area contributed by atoms with Crippen molar-refractivity contribution in [3.8, 4) is 5.75 Å². The van der Waals surface area contributed by atoms with Gasteiger partial charge in [-0.25, -0.2) is 9.67 Å². The molecule has 0 saturated carbocycles. The van der Waals surface area contributed by atoms with Crippen LogP contribution in [0.25, 0.3) is 21.3 Å². The molecule has 0 radical (unpaired) electrons. The van der Waals surface area contributed by atoms with Gasteiger partial charge in [0.1, 0.15) is 11.3 Å². The summed E-state index contributed by atoms with van der Waals surface area (Å²) >= 11 is 1.41. The third-order valence-corrected chi connectivity index (χ3v) is 4.70. The Hall–Kier alpha value is -3.00. The number of carbonyl (C=O) groups is 1. The summed E-state index contributed by atoms with van der Waals surface area (Å²) in [5.74, 6) is 0.571. The second kappa shape index (κ2) is 6.14. The standard InChI is InChI=1S/C17H15N5O2S/c1-3-24-11-5-6-12-15(9-11)25-17(18-12)19-16(23)10-4-7-14-13(8-10)20-21-22(14)2/h4-9H,3H2,1-2H3,(H,18,19,23). The predicted molar refractivity (Wildman–Crippen MR) is 97.3 cm³/mol. The van der Waals surface area contributed by atoms with E-state index in [1.807, 2.05) is 38.2 Å². The molecule has 0 fully saturated rings. The molecule has 4 aromatic rings. The molecule has 0 saturated heterocycles. The molecule has 0 aliphatic heterocycles. The molecule has 0 spiro atoms. The third-order valence-electron chi connectivity index (χ3n) is 3.76. The Morgan fingerprint density at radius 3 is 2.96 bits per heavy atom. The Labute approximate surface area is 147 Å². The first kappa shape index (κ1) is 15.5. The van der Waals surface area contributed by atoms with Crippen LogP contribution in [0.4, 0.5) is 5.13 Å². The molecule has 8 heteroatoms. The number of anilines is 1. The lowest BCUT2D eigenvalue weighted by Crippen LogP contribution is -2.11. The Bertz CT molecular complexity index is 1090. The normalized spacial score (nSPS) is 11.1. The molecular weight excluding hydrogens is 338 g/mol. The van der Waals surface area contributed by atoms with Crippen LogP contribution in [-0.2, 0) is 7.05 Å². The van der Waals surface area contributed by atoms with Crippen LogP contribution < -0.4 is 10.1 Å². The molecule has 1 N–H and O–H groups in total. The van der Waals surface area contributed by atoms with E-state index in [0.29, 0.717) is 22.8 Å². The minimum Gasteiger partial charge on any atom is -0.494 e. The van der Waals surface area contributed by atoms with Crippen molar-refractivity contribution in [1.29, 1.82) is 0 Å². The topological polar surface area (TPSA) is 81.9 Å². The lowest BCUT2D eigenvalue weighted by Gasteiger charge is -2.01. The van der Waals surface area contributed by atoms with Gasteiger partial charge in [0, 0.05) is 12.6 Å². The lowest BCUT2D eigenvalue weighted by molar-refractivity contribution is 0.102. The monoisotopic (exact) mass is 353 g/mol. The number of carbonyl (C=O) groups excluding carboxylic acids is 1. The van der Waals surface area contributed by atoms with E-state index < -0.39 is 0 Å². The summed E-state index contributed by atoms with van der Waals surface area (Å²) in [6.07, 6.45) is 0. The summed E-state index contributed by atoms with van der Waals surface area (Å²) in [5, 5.41) is 11.4. The van der Waals surface area contributed by atoms with E-state index in [0.717, 1.165) is 21.5 Å². The maximum Gasteiger partial charge on any atom is 0.257 e. The molecule has 0 bridgehead atoms. The van der Waals surface area contributed by atoms with Crippen molar-refractivity contribution in [3.63, 3.8) is 0 Å². The second-order valence-electron chi connectivity index (χ2n) is 5.45. The predicted octanol–water partition coefficient (Wildman–Crippen LogP) is 3.23. The van der Waals surface area contributed by atoms with Crippen LogP contribution >= 0.6 is 11.3 Å². The van der Waals surface area contributed by atoms with Gasteiger partial charge in [0.25, 0.3) is 5.91 Å². The highest BCUT2D eigenvalue weighted by molar-refractivity contribution is 7.22. The zero-order valence-corrected chi connectivity index (χ0v) is 14.5. The van der Waals surface area contributed by atoms with Gasteiger partial charge in [0.15, 0.2) is 5.13 Å². The van der Waals surface area contributed by atoms with Gasteiger partial charge in [-0.1, -0.05) is 16.6 Å². The number of ether oxygens (including phenoxy) is 1. The average molecular weight is 353 g/mol. The molecule has 2 heterocycles.